The standard InChI is InChI=1S/C24H32N4O5S2/c1-5-13-28-20(16-11-9-8-10-12-16)26-27-24(28)34-14-17(29)25-21-18(22(30)32-6-2)15(4)19(35-21)23(31)33-7-3/h5,16H,1,6-14H2,2-4H3,(H,25,29). The van der Waals surface area contributed by atoms with Gasteiger partial charge in [-0.3, -0.25) is 4.79 Å². The Kier molecular flexibility index (Phi) is 9.91. The first-order valence-electron chi connectivity index (χ1n) is 11.8. The minimum atomic E-state index is -0.595. The third-order valence-electron chi connectivity index (χ3n) is 5.70. The second-order valence-corrected chi connectivity index (χ2v) is 10.1. The molecule has 9 nitrogen and oxygen atoms in total. The molecule has 1 aliphatic rings. The third kappa shape index (κ3) is 6.52. The molecule has 2 aromatic rings. The van der Waals surface area contributed by atoms with E-state index in [4.69, 9.17) is 9.47 Å². The van der Waals surface area contributed by atoms with Gasteiger partial charge in [0.05, 0.1) is 24.5 Å². The van der Waals surface area contributed by atoms with Crippen LogP contribution in [0.4, 0.5) is 5.00 Å². The summed E-state index contributed by atoms with van der Waals surface area (Å²) in [5.74, 6) is -0.0733. The Morgan fingerprint density at radius 2 is 1.83 bits per heavy atom. The smallest absolute Gasteiger partial charge is 0.348 e. The van der Waals surface area contributed by atoms with Crippen molar-refractivity contribution in [2.24, 2.45) is 0 Å². The lowest BCUT2D eigenvalue weighted by atomic mass is 9.89. The maximum Gasteiger partial charge on any atom is 0.348 e. The van der Waals surface area contributed by atoms with Crippen molar-refractivity contribution in [3.8, 4) is 0 Å². The number of nitrogens with zero attached hydrogens (tertiary/aromatic N) is 3. The number of amides is 1. The lowest BCUT2D eigenvalue weighted by Crippen LogP contribution is -2.17. The Labute approximate surface area is 213 Å². The first kappa shape index (κ1) is 26.9. The number of hydrogen-bond donors (Lipinski definition) is 1. The highest BCUT2D eigenvalue weighted by Gasteiger charge is 2.28. The number of nitrogens with one attached hydrogen (secondary N) is 1. The highest BCUT2D eigenvalue weighted by Crippen LogP contribution is 2.35. The molecule has 3 rings (SSSR count). The largest absolute Gasteiger partial charge is 0.462 e. The zero-order valence-corrected chi connectivity index (χ0v) is 22.1. The number of carbonyl (C=O) groups is 3. The van der Waals surface area contributed by atoms with Crippen molar-refractivity contribution in [3.05, 3.63) is 34.5 Å². The molecule has 1 saturated carbocycles. The van der Waals surface area contributed by atoms with Crippen LogP contribution in [0.5, 0.6) is 0 Å². The van der Waals surface area contributed by atoms with Gasteiger partial charge in [0.15, 0.2) is 5.16 Å². The average Bonchev–Trinajstić information content (AvgIpc) is 3.39. The maximum atomic E-state index is 12.8. The molecule has 1 aliphatic carbocycles. The van der Waals surface area contributed by atoms with E-state index in [-0.39, 0.29) is 40.3 Å². The molecule has 190 valence electrons. The van der Waals surface area contributed by atoms with Crippen molar-refractivity contribution < 1.29 is 23.9 Å². The van der Waals surface area contributed by atoms with Gasteiger partial charge in [-0.15, -0.1) is 28.1 Å². The highest BCUT2D eigenvalue weighted by molar-refractivity contribution is 7.99. The number of aromatic nitrogens is 3. The van der Waals surface area contributed by atoms with Crippen LogP contribution in [0.15, 0.2) is 17.8 Å². The molecular formula is C24H32N4O5S2. The Balaban J connectivity index is 1.75. The molecule has 0 saturated heterocycles. The predicted octanol–water partition coefficient (Wildman–Crippen LogP) is 4.97. The number of ether oxygens (including phenoxy) is 2. The van der Waals surface area contributed by atoms with E-state index in [0.29, 0.717) is 23.2 Å². The number of rotatable bonds is 11. The molecule has 1 amide bonds. The van der Waals surface area contributed by atoms with Crippen molar-refractivity contribution in [2.75, 3.05) is 24.3 Å². The monoisotopic (exact) mass is 520 g/mol. The number of carbonyl (C=O) groups excluding carboxylic acids is 3. The summed E-state index contributed by atoms with van der Waals surface area (Å²) in [5, 5.41) is 12.5. The van der Waals surface area contributed by atoms with Crippen LogP contribution in [-0.2, 0) is 20.8 Å². The highest BCUT2D eigenvalue weighted by atomic mass is 32.2. The topological polar surface area (TPSA) is 112 Å². The average molecular weight is 521 g/mol. The van der Waals surface area contributed by atoms with Gasteiger partial charge >= 0.3 is 11.9 Å². The maximum absolute atomic E-state index is 12.8. The molecule has 1 fully saturated rings. The fourth-order valence-corrected chi connectivity index (χ4v) is 5.96. The van der Waals surface area contributed by atoms with E-state index in [1.54, 1.807) is 26.8 Å². The lowest BCUT2D eigenvalue weighted by molar-refractivity contribution is -0.113. The molecule has 0 spiro atoms. The van der Waals surface area contributed by atoms with Crippen molar-refractivity contribution in [1.82, 2.24) is 14.8 Å². The molecule has 1 N–H and O–H groups in total. The Bertz CT molecular complexity index is 1070. The molecule has 0 aromatic carbocycles. The summed E-state index contributed by atoms with van der Waals surface area (Å²) >= 11 is 2.29. The van der Waals surface area contributed by atoms with Gasteiger partial charge in [0, 0.05) is 12.5 Å². The van der Waals surface area contributed by atoms with E-state index < -0.39 is 11.9 Å². The number of thiophene rings is 1. The van der Waals surface area contributed by atoms with Gasteiger partial charge < -0.3 is 19.4 Å². The van der Waals surface area contributed by atoms with Crippen molar-refractivity contribution in [2.45, 2.75) is 70.5 Å². The second-order valence-electron chi connectivity index (χ2n) is 8.11. The van der Waals surface area contributed by atoms with E-state index in [1.807, 2.05) is 4.57 Å². The van der Waals surface area contributed by atoms with Gasteiger partial charge in [-0.05, 0) is 39.2 Å². The first-order valence-corrected chi connectivity index (χ1v) is 13.7. The molecule has 0 unspecified atom stereocenters. The van der Waals surface area contributed by atoms with Gasteiger partial charge in [0.1, 0.15) is 15.7 Å². The SMILES string of the molecule is C=CCn1c(SCC(=O)Nc2sc(C(=O)OCC)c(C)c2C(=O)OCC)nnc1C1CCCCC1. The molecule has 2 heterocycles. The summed E-state index contributed by atoms with van der Waals surface area (Å²) in [4.78, 5) is 38.0. The molecule has 0 atom stereocenters. The van der Waals surface area contributed by atoms with Crippen molar-refractivity contribution in [3.63, 3.8) is 0 Å². The zero-order chi connectivity index (χ0) is 25.4. The van der Waals surface area contributed by atoms with E-state index in [1.165, 1.54) is 31.0 Å². The van der Waals surface area contributed by atoms with Crippen LogP contribution in [0.3, 0.4) is 0 Å². The molecule has 0 aliphatic heterocycles. The van der Waals surface area contributed by atoms with E-state index in [0.717, 1.165) is 30.0 Å². The first-order chi connectivity index (χ1) is 16.9. The molecule has 2 aromatic heterocycles. The van der Waals surface area contributed by atoms with Gasteiger partial charge in [-0.1, -0.05) is 37.1 Å². The van der Waals surface area contributed by atoms with Crippen LogP contribution in [0, 0.1) is 6.92 Å². The summed E-state index contributed by atoms with van der Waals surface area (Å²) in [7, 11) is 0. The number of anilines is 1. The number of thioether (sulfide) groups is 1. The number of hydrogen-bond acceptors (Lipinski definition) is 9. The normalized spacial score (nSPS) is 13.9. The number of allylic oxidation sites excluding steroid dienone is 1. The van der Waals surface area contributed by atoms with Gasteiger partial charge in [-0.2, -0.15) is 0 Å². The molecular weight excluding hydrogens is 488 g/mol. The van der Waals surface area contributed by atoms with Crippen LogP contribution < -0.4 is 5.32 Å². The van der Waals surface area contributed by atoms with E-state index >= 15 is 0 Å². The molecule has 0 bridgehead atoms. The van der Waals surface area contributed by atoms with Gasteiger partial charge in [-0.25, -0.2) is 9.59 Å². The zero-order valence-electron chi connectivity index (χ0n) is 20.4. The fraction of sp³-hybridized carbons (Fsp3) is 0.542. The minimum Gasteiger partial charge on any atom is -0.462 e. The van der Waals surface area contributed by atoms with Crippen LogP contribution in [0.25, 0.3) is 0 Å². The minimum absolute atomic E-state index is 0.0634. The van der Waals surface area contributed by atoms with Gasteiger partial charge in [0.2, 0.25) is 5.91 Å². The summed E-state index contributed by atoms with van der Waals surface area (Å²) in [6.07, 6.45) is 7.62. The van der Waals surface area contributed by atoms with Crippen LogP contribution >= 0.6 is 23.1 Å². The predicted molar refractivity (Wildman–Crippen MR) is 136 cm³/mol. The quantitative estimate of drug-likeness (QED) is 0.251. The van der Waals surface area contributed by atoms with Crippen molar-refractivity contribution >= 4 is 45.9 Å². The second kappa shape index (κ2) is 12.9. The van der Waals surface area contributed by atoms with Crippen molar-refractivity contribution in [1.29, 1.82) is 0 Å². The third-order valence-corrected chi connectivity index (χ3v) is 7.85. The molecule has 0 radical (unpaired) electrons. The van der Waals surface area contributed by atoms with E-state index in [2.05, 4.69) is 22.1 Å². The van der Waals surface area contributed by atoms with E-state index in [9.17, 15) is 14.4 Å². The van der Waals surface area contributed by atoms with Crippen LogP contribution in [0.1, 0.15) is 83.3 Å². The fourth-order valence-electron chi connectivity index (χ4n) is 4.11. The Morgan fingerprint density at radius 1 is 1.14 bits per heavy atom. The van der Waals surface area contributed by atoms with Crippen LogP contribution in [-0.4, -0.2) is 51.6 Å². The Hall–Kier alpha value is -2.66. The van der Waals surface area contributed by atoms with Gasteiger partial charge in [0.25, 0.3) is 0 Å². The summed E-state index contributed by atoms with van der Waals surface area (Å²) in [6.45, 7) is 9.85. The lowest BCUT2D eigenvalue weighted by Gasteiger charge is -2.21. The summed E-state index contributed by atoms with van der Waals surface area (Å²) < 4.78 is 12.3. The Morgan fingerprint density at radius 3 is 2.49 bits per heavy atom. The summed E-state index contributed by atoms with van der Waals surface area (Å²) in [6, 6.07) is 0. The molecule has 35 heavy (non-hydrogen) atoms. The molecule has 11 heteroatoms. The summed E-state index contributed by atoms with van der Waals surface area (Å²) in [5.41, 5.74) is 0.602. The number of esters is 2. The van der Waals surface area contributed by atoms with Crippen LogP contribution in [0.2, 0.25) is 0 Å².